The van der Waals surface area contributed by atoms with Crippen molar-refractivity contribution in [3.8, 4) is 5.88 Å². The lowest BCUT2D eigenvalue weighted by Gasteiger charge is -2.29. The van der Waals surface area contributed by atoms with Crippen LogP contribution in [-0.4, -0.2) is 34.5 Å². The molecular formula is C12H18BrN3O. The summed E-state index contributed by atoms with van der Waals surface area (Å²) < 4.78 is 5.52. The third-order valence-corrected chi connectivity index (χ3v) is 3.69. The Balaban J connectivity index is 2.00. The molecule has 2 rings (SSSR count). The molecule has 0 atom stereocenters. The Morgan fingerprint density at radius 1 is 1.47 bits per heavy atom. The van der Waals surface area contributed by atoms with Crippen LogP contribution in [0.1, 0.15) is 26.2 Å². The molecule has 1 fully saturated rings. The predicted molar refractivity (Wildman–Crippen MR) is 72.0 cm³/mol. The first-order valence-corrected chi connectivity index (χ1v) is 7.06. The Labute approximate surface area is 111 Å². The second-order valence-corrected chi connectivity index (χ2v) is 5.50. The van der Waals surface area contributed by atoms with Crippen LogP contribution in [0, 0.1) is 0 Å². The number of alkyl halides is 1. The van der Waals surface area contributed by atoms with Gasteiger partial charge in [0, 0.05) is 30.2 Å². The molecule has 1 aliphatic heterocycles. The minimum atomic E-state index is 0.637. The molecule has 0 bridgehead atoms. The third-order valence-electron chi connectivity index (χ3n) is 2.78. The molecule has 2 heterocycles. The summed E-state index contributed by atoms with van der Waals surface area (Å²) in [5, 5.41) is 0. The van der Waals surface area contributed by atoms with Crippen LogP contribution >= 0.6 is 15.9 Å². The summed E-state index contributed by atoms with van der Waals surface area (Å²) in [6, 6.07) is 1.82. The van der Waals surface area contributed by atoms with E-state index in [9.17, 15) is 0 Å². The molecule has 1 aromatic heterocycles. The van der Waals surface area contributed by atoms with E-state index in [1.54, 1.807) is 6.20 Å². The van der Waals surface area contributed by atoms with E-state index in [1.807, 2.05) is 6.07 Å². The van der Waals surface area contributed by atoms with Crippen LogP contribution in [0.2, 0.25) is 0 Å². The van der Waals surface area contributed by atoms with Gasteiger partial charge in [-0.15, -0.1) is 0 Å². The Bertz CT molecular complexity index is 353. The number of hydrogen-bond donors (Lipinski definition) is 0. The van der Waals surface area contributed by atoms with E-state index in [0.717, 1.165) is 38.3 Å². The fourth-order valence-corrected chi connectivity index (χ4v) is 2.23. The number of halogens is 1. The average molecular weight is 300 g/mol. The molecule has 0 radical (unpaired) electrons. The minimum absolute atomic E-state index is 0.637. The first-order valence-electron chi connectivity index (χ1n) is 6.14. The zero-order valence-corrected chi connectivity index (χ0v) is 11.7. The standard InChI is InChI=1S/C12H18BrN3O/c1-2-9-17-11-3-6-14-12(15-11)16-7-4-10(13)5-8-16/h3,6,10H,2,4-5,7-9H2,1H3. The first kappa shape index (κ1) is 12.6. The Morgan fingerprint density at radius 2 is 2.24 bits per heavy atom. The number of hydrogen-bond acceptors (Lipinski definition) is 4. The summed E-state index contributed by atoms with van der Waals surface area (Å²) in [7, 11) is 0. The smallest absolute Gasteiger partial charge is 0.228 e. The maximum absolute atomic E-state index is 5.52. The van der Waals surface area contributed by atoms with Gasteiger partial charge < -0.3 is 9.64 Å². The molecule has 0 unspecified atom stereocenters. The quantitative estimate of drug-likeness (QED) is 0.801. The highest BCUT2D eigenvalue weighted by atomic mass is 79.9. The molecule has 0 spiro atoms. The monoisotopic (exact) mass is 299 g/mol. The van der Waals surface area contributed by atoms with Gasteiger partial charge in [0.25, 0.3) is 0 Å². The predicted octanol–water partition coefficient (Wildman–Crippen LogP) is 2.63. The van der Waals surface area contributed by atoms with E-state index < -0.39 is 0 Å². The van der Waals surface area contributed by atoms with Crippen LogP contribution in [0.25, 0.3) is 0 Å². The fourth-order valence-electron chi connectivity index (χ4n) is 1.82. The van der Waals surface area contributed by atoms with Crippen molar-refractivity contribution >= 4 is 21.9 Å². The van der Waals surface area contributed by atoms with Crippen LogP contribution < -0.4 is 9.64 Å². The van der Waals surface area contributed by atoms with Crippen LogP contribution in [0.3, 0.4) is 0 Å². The largest absolute Gasteiger partial charge is 0.478 e. The van der Waals surface area contributed by atoms with Gasteiger partial charge in [-0.1, -0.05) is 22.9 Å². The molecule has 0 saturated carbocycles. The van der Waals surface area contributed by atoms with Gasteiger partial charge >= 0.3 is 0 Å². The molecule has 0 aromatic carbocycles. The van der Waals surface area contributed by atoms with Crippen molar-refractivity contribution in [1.29, 1.82) is 0 Å². The molecule has 1 saturated heterocycles. The van der Waals surface area contributed by atoms with Crippen molar-refractivity contribution in [1.82, 2.24) is 9.97 Å². The van der Waals surface area contributed by atoms with E-state index >= 15 is 0 Å². The summed E-state index contributed by atoms with van der Waals surface area (Å²) in [5.41, 5.74) is 0. The van der Waals surface area contributed by atoms with Gasteiger partial charge in [0.05, 0.1) is 6.61 Å². The van der Waals surface area contributed by atoms with Gasteiger partial charge in [-0.2, -0.15) is 4.98 Å². The summed E-state index contributed by atoms with van der Waals surface area (Å²) in [6.07, 6.45) is 5.05. The highest BCUT2D eigenvalue weighted by Crippen LogP contribution is 2.21. The first-order chi connectivity index (χ1) is 8.29. The highest BCUT2D eigenvalue weighted by Gasteiger charge is 2.19. The maximum Gasteiger partial charge on any atom is 0.228 e. The van der Waals surface area contributed by atoms with Crippen LogP contribution in [-0.2, 0) is 0 Å². The SMILES string of the molecule is CCCOc1ccnc(N2CCC(Br)CC2)n1. The molecule has 4 nitrogen and oxygen atoms in total. The molecule has 0 aliphatic carbocycles. The molecule has 1 aromatic rings. The normalized spacial score (nSPS) is 17.2. The van der Waals surface area contributed by atoms with Crippen molar-refractivity contribution in [2.75, 3.05) is 24.6 Å². The molecule has 0 N–H and O–H groups in total. The number of nitrogens with zero attached hydrogens (tertiary/aromatic N) is 3. The summed E-state index contributed by atoms with van der Waals surface area (Å²) in [4.78, 5) is 11.6. The number of piperidine rings is 1. The van der Waals surface area contributed by atoms with Gasteiger partial charge in [-0.05, 0) is 19.3 Å². The lowest BCUT2D eigenvalue weighted by atomic mass is 10.1. The molecule has 17 heavy (non-hydrogen) atoms. The van der Waals surface area contributed by atoms with E-state index in [0.29, 0.717) is 17.3 Å². The highest BCUT2D eigenvalue weighted by molar-refractivity contribution is 9.09. The van der Waals surface area contributed by atoms with Crippen molar-refractivity contribution in [3.63, 3.8) is 0 Å². The minimum Gasteiger partial charge on any atom is -0.478 e. The fraction of sp³-hybridized carbons (Fsp3) is 0.667. The van der Waals surface area contributed by atoms with Crippen molar-refractivity contribution in [3.05, 3.63) is 12.3 Å². The lowest BCUT2D eigenvalue weighted by Crippen LogP contribution is -2.35. The zero-order valence-electron chi connectivity index (χ0n) is 10.1. The summed E-state index contributed by atoms with van der Waals surface area (Å²) in [6.45, 7) is 4.81. The van der Waals surface area contributed by atoms with Crippen molar-refractivity contribution in [2.24, 2.45) is 0 Å². The van der Waals surface area contributed by atoms with Crippen LogP contribution in [0.15, 0.2) is 12.3 Å². The molecule has 0 amide bonds. The van der Waals surface area contributed by atoms with E-state index in [-0.39, 0.29) is 0 Å². The molecule has 1 aliphatic rings. The second kappa shape index (κ2) is 6.19. The summed E-state index contributed by atoms with van der Waals surface area (Å²) in [5.74, 6) is 1.47. The van der Waals surface area contributed by atoms with Gasteiger partial charge in [-0.25, -0.2) is 4.98 Å². The van der Waals surface area contributed by atoms with Crippen LogP contribution in [0.5, 0.6) is 5.88 Å². The van der Waals surface area contributed by atoms with Crippen molar-refractivity contribution in [2.45, 2.75) is 31.0 Å². The number of rotatable bonds is 4. The number of ether oxygens (including phenoxy) is 1. The van der Waals surface area contributed by atoms with Gasteiger partial charge in [0.1, 0.15) is 0 Å². The van der Waals surface area contributed by atoms with Crippen molar-refractivity contribution < 1.29 is 4.74 Å². The number of aromatic nitrogens is 2. The Kier molecular flexibility index (Phi) is 4.59. The van der Waals surface area contributed by atoms with Crippen LogP contribution in [0.4, 0.5) is 5.95 Å². The molecule has 94 valence electrons. The van der Waals surface area contributed by atoms with Gasteiger partial charge in [0.2, 0.25) is 11.8 Å². The van der Waals surface area contributed by atoms with Gasteiger partial charge in [0.15, 0.2) is 0 Å². The second-order valence-electron chi connectivity index (χ2n) is 4.21. The topological polar surface area (TPSA) is 38.2 Å². The maximum atomic E-state index is 5.52. The third kappa shape index (κ3) is 3.56. The molecular weight excluding hydrogens is 282 g/mol. The number of anilines is 1. The molecule has 5 heteroatoms. The van der Waals surface area contributed by atoms with E-state index in [2.05, 4.69) is 37.7 Å². The van der Waals surface area contributed by atoms with Gasteiger partial charge in [-0.3, -0.25) is 0 Å². The Hall–Kier alpha value is -0.840. The van der Waals surface area contributed by atoms with E-state index in [1.165, 1.54) is 0 Å². The van der Waals surface area contributed by atoms with E-state index in [4.69, 9.17) is 4.74 Å². The lowest BCUT2D eigenvalue weighted by molar-refractivity contribution is 0.304. The average Bonchev–Trinajstić information content (AvgIpc) is 2.37. The summed E-state index contributed by atoms with van der Waals surface area (Å²) >= 11 is 3.64. The Morgan fingerprint density at radius 3 is 2.94 bits per heavy atom. The zero-order chi connectivity index (χ0) is 12.1.